The molecule has 1 aliphatic heterocycles. The highest BCUT2D eigenvalue weighted by Gasteiger charge is 2.47. The number of amides is 1. The van der Waals surface area contributed by atoms with E-state index in [0.717, 1.165) is 5.56 Å². The fourth-order valence-electron chi connectivity index (χ4n) is 4.34. The second-order valence-electron chi connectivity index (χ2n) is 9.35. The van der Waals surface area contributed by atoms with Crippen molar-refractivity contribution in [3.8, 4) is 17.2 Å². The van der Waals surface area contributed by atoms with E-state index in [1.807, 2.05) is 49.4 Å². The van der Waals surface area contributed by atoms with Gasteiger partial charge in [-0.2, -0.15) is 0 Å². The number of ketones is 1. The molecule has 1 N–H and O–H groups in total. The third-order valence-electron chi connectivity index (χ3n) is 6.16. The second kappa shape index (κ2) is 10.8. The molecular weight excluding hydrogens is 470 g/mol. The van der Waals surface area contributed by atoms with Gasteiger partial charge in [0.05, 0.1) is 32.4 Å². The van der Waals surface area contributed by atoms with Crippen LogP contribution in [0.25, 0.3) is 5.76 Å². The van der Waals surface area contributed by atoms with Crippen LogP contribution in [-0.4, -0.2) is 37.6 Å². The van der Waals surface area contributed by atoms with E-state index in [4.69, 9.17) is 14.2 Å². The lowest BCUT2D eigenvalue weighted by Crippen LogP contribution is -2.29. The molecule has 7 nitrogen and oxygen atoms in total. The Balaban J connectivity index is 1.87. The summed E-state index contributed by atoms with van der Waals surface area (Å²) in [5.41, 5.74) is 2.50. The van der Waals surface area contributed by atoms with Crippen LogP contribution in [0.5, 0.6) is 17.2 Å². The van der Waals surface area contributed by atoms with Gasteiger partial charge in [0.25, 0.3) is 11.7 Å². The predicted molar refractivity (Wildman–Crippen MR) is 142 cm³/mol. The molecular formula is C30H31NO6. The number of aryl methyl sites for hydroxylation is 1. The Morgan fingerprint density at radius 3 is 2.27 bits per heavy atom. The number of aliphatic hydroxyl groups is 1. The summed E-state index contributed by atoms with van der Waals surface area (Å²) < 4.78 is 16.5. The van der Waals surface area contributed by atoms with Crippen molar-refractivity contribution in [2.75, 3.05) is 25.7 Å². The summed E-state index contributed by atoms with van der Waals surface area (Å²) in [5.74, 6) is 0.158. The molecule has 1 aliphatic rings. The average molecular weight is 502 g/mol. The van der Waals surface area contributed by atoms with Crippen LogP contribution in [0.15, 0.2) is 72.3 Å². The lowest BCUT2D eigenvalue weighted by Gasteiger charge is -2.26. The number of aliphatic hydroxyl groups excluding tert-OH is 1. The third kappa shape index (κ3) is 5.16. The molecule has 0 aromatic heterocycles. The zero-order valence-corrected chi connectivity index (χ0v) is 21.6. The number of carbonyl (C=O) groups excluding carboxylic acids is 2. The van der Waals surface area contributed by atoms with Crippen LogP contribution in [0, 0.1) is 12.8 Å². The van der Waals surface area contributed by atoms with Gasteiger partial charge in [0.2, 0.25) is 0 Å². The number of Topliss-reactive ketones (excluding diaryl/α,β-unsaturated/α-hetero) is 1. The van der Waals surface area contributed by atoms with Crippen molar-refractivity contribution < 1.29 is 28.9 Å². The topological polar surface area (TPSA) is 85.3 Å². The highest BCUT2D eigenvalue weighted by Crippen LogP contribution is 2.43. The predicted octanol–water partition coefficient (Wildman–Crippen LogP) is 5.67. The summed E-state index contributed by atoms with van der Waals surface area (Å²) in [6, 6.07) is 18.6. The molecule has 1 saturated heterocycles. The van der Waals surface area contributed by atoms with Crippen molar-refractivity contribution in [3.63, 3.8) is 0 Å². The fourth-order valence-corrected chi connectivity index (χ4v) is 4.34. The lowest BCUT2D eigenvalue weighted by atomic mass is 9.95. The van der Waals surface area contributed by atoms with Gasteiger partial charge in [-0.05, 0) is 66.4 Å². The highest BCUT2D eigenvalue weighted by atomic mass is 16.5. The van der Waals surface area contributed by atoms with Crippen LogP contribution in [0.4, 0.5) is 5.69 Å². The molecule has 37 heavy (non-hydrogen) atoms. The minimum absolute atomic E-state index is 0.00502. The first-order valence-electron chi connectivity index (χ1n) is 12.1. The Morgan fingerprint density at radius 1 is 0.946 bits per heavy atom. The number of hydrogen-bond donors (Lipinski definition) is 1. The maximum absolute atomic E-state index is 13.4. The quantitative estimate of drug-likeness (QED) is 0.243. The second-order valence-corrected chi connectivity index (χ2v) is 9.35. The van der Waals surface area contributed by atoms with Gasteiger partial charge in [-0.15, -0.1) is 0 Å². The van der Waals surface area contributed by atoms with Gasteiger partial charge in [-0.25, -0.2) is 0 Å². The van der Waals surface area contributed by atoms with Crippen LogP contribution >= 0.6 is 0 Å². The Morgan fingerprint density at radius 2 is 1.65 bits per heavy atom. The molecule has 0 saturated carbocycles. The van der Waals surface area contributed by atoms with Crippen LogP contribution in [-0.2, 0) is 9.59 Å². The van der Waals surface area contributed by atoms with Crippen molar-refractivity contribution in [3.05, 3.63) is 89.0 Å². The zero-order valence-electron chi connectivity index (χ0n) is 21.6. The monoisotopic (exact) mass is 501 g/mol. The summed E-state index contributed by atoms with van der Waals surface area (Å²) >= 11 is 0. The normalized spacial score (nSPS) is 16.8. The van der Waals surface area contributed by atoms with E-state index < -0.39 is 17.7 Å². The number of ether oxygens (including phenoxy) is 3. The summed E-state index contributed by atoms with van der Waals surface area (Å²) in [7, 11) is 3.00. The average Bonchev–Trinajstić information content (AvgIpc) is 3.17. The van der Waals surface area contributed by atoms with E-state index in [2.05, 4.69) is 13.8 Å². The smallest absolute Gasteiger partial charge is 0.300 e. The number of anilines is 1. The maximum atomic E-state index is 13.4. The number of methoxy groups -OCH3 is 2. The highest BCUT2D eigenvalue weighted by molar-refractivity contribution is 6.51. The molecule has 1 amide bonds. The molecule has 0 spiro atoms. The third-order valence-corrected chi connectivity index (χ3v) is 6.16. The van der Waals surface area contributed by atoms with Crippen molar-refractivity contribution in [2.24, 2.45) is 5.92 Å². The molecule has 0 radical (unpaired) electrons. The molecule has 4 rings (SSSR count). The standard InChI is InChI=1S/C30H31NO6/c1-18(2)17-37-23-12-9-20(10-13-23)27-26(28(32)21-11-14-24(35-4)25(16-21)36-5)29(33)30(34)31(27)22-8-6-7-19(3)15-22/h6-16,18,27,32H,17H2,1-5H3/b28-26-. The summed E-state index contributed by atoms with van der Waals surface area (Å²) in [6.07, 6.45) is 0. The van der Waals surface area contributed by atoms with E-state index >= 15 is 0 Å². The first-order chi connectivity index (χ1) is 17.7. The molecule has 192 valence electrons. The number of hydrogen-bond acceptors (Lipinski definition) is 6. The van der Waals surface area contributed by atoms with Gasteiger partial charge >= 0.3 is 0 Å². The Kier molecular flexibility index (Phi) is 7.53. The minimum Gasteiger partial charge on any atom is -0.507 e. The molecule has 1 heterocycles. The van der Waals surface area contributed by atoms with E-state index in [-0.39, 0.29) is 11.3 Å². The molecule has 1 atom stereocenters. The minimum atomic E-state index is -0.839. The maximum Gasteiger partial charge on any atom is 0.300 e. The van der Waals surface area contributed by atoms with Crippen molar-refractivity contribution in [1.29, 1.82) is 0 Å². The van der Waals surface area contributed by atoms with E-state index in [9.17, 15) is 14.7 Å². The fraction of sp³-hybridized carbons (Fsp3) is 0.267. The first kappa shape index (κ1) is 25.8. The number of rotatable bonds is 8. The molecule has 0 aliphatic carbocycles. The van der Waals surface area contributed by atoms with Gasteiger partial charge in [0.15, 0.2) is 11.5 Å². The Bertz CT molecular complexity index is 1340. The van der Waals surface area contributed by atoms with Gasteiger partial charge in [0, 0.05) is 11.3 Å². The summed E-state index contributed by atoms with van der Waals surface area (Å²) in [4.78, 5) is 28.2. The number of nitrogens with zero attached hydrogens (tertiary/aromatic N) is 1. The Labute approximate surface area is 216 Å². The SMILES string of the molecule is COc1ccc(/C(O)=C2/C(=O)C(=O)N(c3cccc(C)c3)C2c2ccc(OCC(C)C)cc2)cc1OC. The first-order valence-corrected chi connectivity index (χ1v) is 12.1. The largest absolute Gasteiger partial charge is 0.507 e. The molecule has 3 aromatic carbocycles. The van der Waals surface area contributed by atoms with E-state index in [0.29, 0.717) is 46.6 Å². The zero-order chi connectivity index (χ0) is 26.7. The Hall–Kier alpha value is -4.26. The summed E-state index contributed by atoms with van der Waals surface area (Å²) in [6.45, 7) is 6.62. The molecule has 1 unspecified atom stereocenters. The van der Waals surface area contributed by atoms with Crippen LogP contribution in [0.3, 0.4) is 0 Å². The summed E-state index contributed by atoms with van der Waals surface area (Å²) in [5, 5.41) is 11.4. The van der Waals surface area contributed by atoms with Gasteiger partial charge < -0.3 is 19.3 Å². The van der Waals surface area contributed by atoms with E-state index in [1.165, 1.54) is 19.1 Å². The number of benzene rings is 3. The van der Waals surface area contributed by atoms with Crippen molar-refractivity contribution in [2.45, 2.75) is 26.8 Å². The van der Waals surface area contributed by atoms with Crippen molar-refractivity contribution in [1.82, 2.24) is 0 Å². The van der Waals surface area contributed by atoms with E-state index in [1.54, 1.807) is 24.3 Å². The van der Waals surface area contributed by atoms with Crippen LogP contribution in [0.2, 0.25) is 0 Å². The van der Waals surface area contributed by atoms with Crippen molar-refractivity contribution >= 4 is 23.1 Å². The number of carbonyl (C=O) groups is 2. The van der Waals surface area contributed by atoms with Crippen LogP contribution in [0.1, 0.15) is 36.6 Å². The van der Waals surface area contributed by atoms with Gasteiger partial charge in [0.1, 0.15) is 11.5 Å². The molecule has 3 aromatic rings. The van der Waals surface area contributed by atoms with Gasteiger partial charge in [-0.3, -0.25) is 14.5 Å². The molecule has 7 heteroatoms. The lowest BCUT2D eigenvalue weighted by molar-refractivity contribution is -0.132. The van der Waals surface area contributed by atoms with Gasteiger partial charge in [-0.1, -0.05) is 38.1 Å². The van der Waals surface area contributed by atoms with Crippen LogP contribution < -0.4 is 19.1 Å². The molecule has 0 bridgehead atoms. The molecule has 1 fully saturated rings.